The van der Waals surface area contributed by atoms with Crippen LogP contribution in [0, 0.1) is 18.3 Å². The number of pyridine rings is 1. The molecule has 0 bridgehead atoms. The van der Waals surface area contributed by atoms with E-state index in [2.05, 4.69) is 4.98 Å². The van der Waals surface area contributed by atoms with Crippen molar-refractivity contribution in [3.05, 3.63) is 58.9 Å². The number of nitriles is 1. The fraction of sp³-hybridized carbons (Fsp3) is 0.300. The Balaban J connectivity index is 1.96. The van der Waals surface area contributed by atoms with Crippen LogP contribution >= 0.6 is 12.2 Å². The van der Waals surface area contributed by atoms with Crippen molar-refractivity contribution in [1.29, 1.82) is 5.26 Å². The molecule has 1 aromatic heterocycles. The second-order valence-electron chi connectivity index (χ2n) is 6.72. The summed E-state index contributed by atoms with van der Waals surface area (Å²) in [6.45, 7) is 2.90. The molecule has 1 fully saturated rings. The molecule has 0 unspecified atom stereocenters. The van der Waals surface area contributed by atoms with E-state index in [1.165, 1.54) is 6.07 Å². The molecular formula is C20H17F3N4OS. The quantitative estimate of drug-likeness (QED) is 0.700. The van der Waals surface area contributed by atoms with Crippen LogP contribution in [0.2, 0.25) is 0 Å². The number of amides is 1. The van der Waals surface area contributed by atoms with Gasteiger partial charge in [0.05, 0.1) is 17.4 Å². The second-order valence-corrected chi connectivity index (χ2v) is 7.09. The summed E-state index contributed by atoms with van der Waals surface area (Å²) in [5, 5.41) is 9.05. The molecule has 1 aliphatic heterocycles. The first-order valence-electron chi connectivity index (χ1n) is 8.85. The molecule has 5 nitrogen and oxygen atoms in total. The zero-order chi connectivity index (χ0) is 21.2. The van der Waals surface area contributed by atoms with Crippen LogP contribution in [0.25, 0.3) is 0 Å². The zero-order valence-electron chi connectivity index (χ0n) is 15.5. The predicted molar refractivity (Wildman–Crippen MR) is 105 cm³/mol. The van der Waals surface area contributed by atoms with E-state index in [0.29, 0.717) is 19.5 Å². The minimum atomic E-state index is -4.77. The lowest BCUT2D eigenvalue weighted by Gasteiger charge is -2.30. The van der Waals surface area contributed by atoms with E-state index < -0.39 is 23.3 Å². The zero-order valence-corrected chi connectivity index (χ0v) is 16.3. The molecular weight excluding hydrogens is 401 g/mol. The predicted octanol–water partition coefficient (Wildman–Crippen LogP) is 4.19. The summed E-state index contributed by atoms with van der Waals surface area (Å²) in [5.74, 6) is -0.402. The van der Waals surface area contributed by atoms with Crippen molar-refractivity contribution < 1.29 is 18.0 Å². The van der Waals surface area contributed by atoms with Crippen molar-refractivity contribution in [2.45, 2.75) is 32.5 Å². The first-order chi connectivity index (χ1) is 13.7. The normalized spacial score (nSPS) is 15.3. The third-order valence-electron chi connectivity index (χ3n) is 4.57. The van der Waals surface area contributed by atoms with Crippen LogP contribution in [0.15, 0.2) is 36.5 Å². The van der Waals surface area contributed by atoms with Crippen LogP contribution in [0.3, 0.4) is 0 Å². The number of hydrogen-bond acceptors (Lipinski definition) is 4. The van der Waals surface area contributed by atoms with Crippen LogP contribution in [0.5, 0.6) is 0 Å². The highest BCUT2D eigenvalue weighted by Gasteiger charge is 2.36. The van der Waals surface area contributed by atoms with Gasteiger partial charge < -0.3 is 4.90 Å². The van der Waals surface area contributed by atoms with Crippen molar-refractivity contribution >= 4 is 28.9 Å². The van der Waals surface area contributed by atoms with Crippen LogP contribution in [0.4, 0.5) is 18.9 Å². The maximum Gasteiger partial charge on any atom is 0.419 e. The summed E-state index contributed by atoms with van der Waals surface area (Å²) in [6.07, 6.45) is -3.03. The fourth-order valence-electron chi connectivity index (χ4n) is 3.07. The van der Waals surface area contributed by atoms with Gasteiger partial charge in [0.15, 0.2) is 10.8 Å². The van der Waals surface area contributed by atoms with Gasteiger partial charge in [0.2, 0.25) is 5.91 Å². The van der Waals surface area contributed by atoms with Gasteiger partial charge in [-0.1, -0.05) is 29.8 Å². The highest BCUT2D eigenvalue weighted by atomic mass is 32.1. The monoisotopic (exact) mass is 418 g/mol. The molecule has 0 N–H and O–H groups in total. The number of anilines is 1. The summed E-state index contributed by atoms with van der Waals surface area (Å²) in [7, 11) is 0. The summed E-state index contributed by atoms with van der Waals surface area (Å²) in [4.78, 5) is 19.1. The Hall–Kier alpha value is -2.99. The topological polar surface area (TPSA) is 60.2 Å². The molecule has 29 heavy (non-hydrogen) atoms. The van der Waals surface area contributed by atoms with Crippen LogP contribution in [0.1, 0.15) is 35.2 Å². The number of halogens is 3. The van der Waals surface area contributed by atoms with E-state index in [4.69, 9.17) is 17.5 Å². The number of benzene rings is 1. The van der Waals surface area contributed by atoms with Gasteiger partial charge in [-0.25, -0.2) is 4.98 Å². The lowest BCUT2D eigenvalue weighted by Crippen LogP contribution is -2.43. The van der Waals surface area contributed by atoms with Gasteiger partial charge in [-0.15, -0.1) is 0 Å². The number of aryl methyl sites for hydroxylation is 1. The number of aromatic nitrogens is 1. The molecule has 0 aliphatic carbocycles. The van der Waals surface area contributed by atoms with Crippen LogP contribution < -0.4 is 4.90 Å². The summed E-state index contributed by atoms with van der Waals surface area (Å²) < 4.78 is 39.9. The van der Waals surface area contributed by atoms with Gasteiger partial charge in [0.1, 0.15) is 6.07 Å². The van der Waals surface area contributed by atoms with Crippen molar-refractivity contribution in [3.63, 3.8) is 0 Å². The minimum absolute atomic E-state index is 0.0952. The molecule has 0 spiro atoms. The summed E-state index contributed by atoms with van der Waals surface area (Å²) in [5.41, 5.74) is 0.0454. The first-order valence-corrected chi connectivity index (χ1v) is 9.26. The van der Waals surface area contributed by atoms with E-state index in [0.717, 1.165) is 28.3 Å². The lowest BCUT2D eigenvalue weighted by molar-refractivity contribution is -0.138. The minimum Gasteiger partial charge on any atom is -0.344 e. The van der Waals surface area contributed by atoms with Gasteiger partial charge >= 0.3 is 6.18 Å². The molecule has 1 saturated heterocycles. The van der Waals surface area contributed by atoms with Crippen molar-refractivity contribution in [2.75, 3.05) is 11.4 Å². The average molecular weight is 418 g/mol. The Morgan fingerprint density at radius 2 is 1.97 bits per heavy atom. The molecule has 0 saturated carbocycles. The summed E-state index contributed by atoms with van der Waals surface area (Å²) in [6, 6.07) is 9.99. The van der Waals surface area contributed by atoms with Gasteiger partial charge in [-0.2, -0.15) is 18.4 Å². The van der Waals surface area contributed by atoms with Crippen LogP contribution in [-0.4, -0.2) is 27.4 Å². The molecule has 1 aliphatic rings. The van der Waals surface area contributed by atoms with E-state index >= 15 is 0 Å². The Bertz CT molecular complexity index is 983. The van der Waals surface area contributed by atoms with Crippen LogP contribution in [-0.2, 0) is 17.5 Å². The molecule has 2 aromatic rings. The largest absolute Gasteiger partial charge is 0.419 e. The fourth-order valence-corrected chi connectivity index (χ4v) is 3.44. The number of carbonyl (C=O) groups is 1. The first kappa shape index (κ1) is 20.7. The smallest absolute Gasteiger partial charge is 0.344 e. The van der Waals surface area contributed by atoms with Gasteiger partial charge in [0.25, 0.3) is 0 Å². The summed E-state index contributed by atoms with van der Waals surface area (Å²) >= 11 is 5.47. The maximum atomic E-state index is 13.3. The molecule has 150 valence electrons. The number of nitrogens with zero attached hydrogens (tertiary/aromatic N) is 4. The van der Waals surface area contributed by atoms with Crippen molar-refractivity contribution in [2.24, 2.45) is 0 Å². The molecule has 9 heteroatoms. The molecule has 1 aromatic carbocycles. The molecule has 0 radical (unpaired) electrons. The molecule has 0 atom stereocenters. The number of hydrogen-bond donors (Lipinski definition) is 0. The highest BCUT2D eigenvalue weighted by Crippen LogP contribution is 2.34. The van der Waals surface area contributed by atoms with Crippen molar-refractivity contribution in [3.8, 4) is 6.07 Å². The van der Waals surface area contributed by atoms with E-state index in [-0.39, 0.29) is 17.2 Å². The van der Waals surface area contributed by atoms with E-state index in [9.17, 15) is 18.0 Å². The SMILES string of the molecule is Cc1ccc(CN2CCCC(=O)N(c3cnc(C#N)c(C(F)(F)F)c3)C2=S)cc1. The van der Waals surface area contributed by atoms with Gasteiger partial charge in [0, 0.05) is 19.5 Å². The Morgan fingerprint density at radius 3 is 2.59 bits per heavy atom. The second kappa shape index (κ2) is 8.17. The number of thiocarbonyl (C=S) groups is 1. The molecule has 2 heterocycles. The number of rotatable bonds is 3. The maximum absolute atomic E-state index is 13.3. The highest BCUT2D eigenvalue weighted by molar-refractivity contribution is 7.80. The molecule has 1 amide bonds. The Kier molecular flexibility index (Phi) is 5.84. The Morgan fingerprint density at radius 1 is 1.28 bits per heavy atom. The third kappa shape index (κ3) is 4.54. The lowest BCUT2D eigenvalue weighted by atomic mass is 10.1. The van der Waals surface area contributed by atoms with Gasteiger partial charge in [-0.3, -0.25) is 9.69 Å². The third-order valence-corrected chi connectivity index (χ3v) is 5.01. The van der Waals surface area contributed by atoms with E-state index in [1.54, 1.807) is 4.90 Å². The van der Waals surface area contributed by atoms with E-state index in [1.807, 2.05) is 31.2 Å². The molecule has 3 rings (SSSR count). The van der Waals surface area contributed by atoms with Crippen molar-refractivity contribution in [1.82, 2.24) is 9.88 Å². The standard InChI is InChI=1S/C20H17F3N4OS/c1-13-4-6-14(7-5-13)12-26-8-2-3-18(28)27(19(26)29)15-9-16(20(21,22)23)17(10-24)25-11-15/h4-7,9,11H,2-3,8,12H2,1H3. The number of alkyl halides is 3. The Labute approximate surface area is 171 Å². The van der Waals surface area contributed by atoms with Gasteiger partial charge in [-0.05, 0) is 37.2 Å². The number of carbonyl (C=O) groups excluding carboxylic acids is 1. The average Bonchev–Trinajstić information content (AvgIpc) is 2.81.